The lowest BCUT2D eigenvalue weighted by atomic mass is 9.75. The Hall–Kier alpha value is -2.85. The molecule has 1 heterocycles. The molecule has 0 aromatic heterocycles. The van der Waals surface area contributed by atoms with Crippen molar-refractivity contribution in [3.05, 3.63) is 138 Å². The number of hydrogen-bond donors (Lipinski definition) is 1. The van der Waals surface area contributed by atoms with E-state index in [0.717, 1.165) is 19.4 Å². The van der Waals surface area contributed by atoms with E-state index in [1.165, 1.54) is 21.6 Å². The van der Waals surface area contributed by atoms with E-state index < -0.39 is 11.6 Å². The molecule has 1 N–H and O–H groups in total. The van der Waals surface area contributed by atoms with E-state index in [4.69, 9.17) is 0 Å². The van der Waals surface area contributed by atoms with E-state index in [0.29, 0.717) is 5.75 Å². The number of benzene rings is 4. The smallest absolute Gasteiger partial charge is 0.0976 e. The van der Waals surface area contributed by atoms with E-state index in [-0.39, 0.29) is 6.04 Å². The maximum absolute atomic E-state index is 11.5. The molecule has 4 aromatic carbocycles. The van der Waals surface area contributed by atoms with Gasteiger partial charge in [0.1, 0.15) is 0 Å². The van der Waals surface area contributed by atoms with Crippen LogP contribution in [0.3, 0.4) is 0 Å². The average Bonchev–Trinajstić information content (AvgIpc) is 3.41. The number of thioether (sulfide) groups is 1. The number of nitrogens with zero attached hydrogens (tertiary/aromatic N) is 1. The number of aliphatic hydroxyl groups is 1. The van der Waals surface area contributed by atoms with Gasteiger partial charge in [-0.2, -0.15) is 0 Å². The molecule has 34 heavy (non-hydrogen) atoms. The van der Waals surface area contributed by atoms with Gasteiger partial charge in [0.15, 0.2) is 0 Å². The number of hydrogen-bond acceptors (Lipinski definition) is 3. The average molecular weight is 466 g/mol. The van der Waals surface area contributed by atoms with Crippen LogP contribution in [0.4, 0.5) is 0 Å². The maximum atomic E-state index is 11.5. The Morgan fingerprint density at radius 2 is 1.15 bits per heavy atom. The molecule has 1 fully saturated rings. The minimum atomic E-state index is -0.469. The molecule has 2 atom stereocenters. The van der Waals surface area contributed by atoms with E-state index in [1.807, 2.05) is 6.07 Å². The third-order valence-electron chi connectivity index (χ3n) is 6.91. The standard InChI is InChI=1S/C31H31NOS/c33-30(24-34-28-20-11-4-12-21-28)29-22-13-23-32(29)31(25-14-5-1-6-15-25,26-16-7-2-8-17-26)27-18-9-3-10-19-27/h1-12,14-21,29-30,33H,13,22-24H2/t29-,30+/m0/s1. The number of likely N-dealkylation sites (tertiary alicyclic amines) is 1. The highest BCUT2D eigenvalue weighted by atomic mass is 32.2. The van der Waals surface area contributed by atoms with Crippen LogP contribution < -0.4 is 0 Å². The van der Waals surface area contributed by atoms with Gasteiger partial charge in [-0.1, -0.05) is 109 Å². The molecule has 0 radical (unpaired) electrons. The van der Waals surface area contributed by atoms with Crippen LogP contribution >= 0.6 is 11.8 Å². The lowest BCUT2D eigenvalue weighted by molar-refractivity contribution is 0.0460. The van der Waals surface area contributed by atoms with Crippen molar-refractivity contribution < 1.29 is 5.11 Å². The Morgan fingerprint density at radius 3 is 1.62 bits per heavy atom. The van der Waals surface area contributed by atoms with Gasteiger partial charge in [0.05, 0.1) is 11.6 Å². The SMILES string of the molecule is O[C@H](CSc1ccccc1)[C@@H]1CCCN1C(c1ccccc1)(c1ccccc1)c1ccccc1. The Morgan fingerprint density at radius 1 is 0.706 bits per heavy atom. The molecule has 0 unspecified atom stereocenters. The molecule has 5 rings (SSSR count). The zero-order valence-corrected chi connectivity index (χ0v) is 20.1. The van der Waals surface area contributed by atoms with Crippen molar-refractivity contribution >= 4 is 11.8 Å². The summed E-state index contributed by atoms with van der Waals surface area (Å²) in [7, 11) is 0. The molecule has 0 spiro atoms. The molecule has 0 saturated carbocycles. The van der Waals surface area contributed by atoms with Gasteiger partial charge in [0.25, 0.3) is 0 Å². The van der Waals surface area contributed by atoms with Crippen LogP contribution in [0.2, 0.25) is 0 Å². The van der Waals surface area contributed by atoms with Crippen molar-refractivity contribution in [2.24, 2.45) is 0 Å². The van der Waals surface area contributed by atoms with E-state index in [9.17, 15) is 5.11 Å². The fourth-order valence-corrected chi connectivity index (χ4v) is 6.39. The lowest BCUT2D eigenvalue weighted by Gasteiger charge is -2.47. The molecule has 3 heteroatoms. The zero-order chi connectivity index (χ0) is 23.2. The molecule has 172 valence electrons. The minimum Gasteiger partial charge on any atom is -0.391 e. The molecular weight excluding hydrogens is 434 g/mol. The van der Waals surface area contributed by atoms with Crippen LogP contribution in [0, 0.1) is 0 Å². The van der Waals surface area contributed by atoms with Crippen molar-refractivity contribution in [1.82, 2.24) is 4.90 Å². The Kier molecular flexibility index (Phi) is 7.15. The van der Waals surface area contributed by atoms with Gasteiger partial charge in [-0.25, -0.2) is 0 Å². The predicted octanol–water partition coefficient (Wildman–Crippen LogP) is 6.60. The van der Waals surface area contributed by atoms with Gasteiger partial charge in [0.2, 0.25) is 0 Å². The second-order valence-electron chi connectivity index (χ2n) is 8.90. The highest BCUT2D eigenvalue weighted by molar-refractivity contribution is 7.99. The molecule has 1 aliphatic rings. The summed E-state index contributed by atoms with van der Waals surface area (Å²) in [5.74, 6) is 0.680. The van der Waals surface area contributed by atoms with Crippen LogP contribution in [0.25, 0.3) is 0 Å². The van der Waals surface area contributed by atoms with E-state index in [2.05, 4.69) is 120 Å². The monoisotopic (exact) mass is 465 g/mol. The number of aliphatic hydroxyl groups excluding tert-OH is 1. The first-order valence-corrected chi connectivity index (χ1v) is 13.1. The fourth-order valence-electron chi connectivity index (χ4n) is 5.45. The first kappa shape index (κ1) is 22.9. The molecule has 0 aliphatic carbocycles. The Bertz CT molecular complexity index is 1050. The first-order valence-electron chi connectivity index (χ1n) is 12.1. The van der Waals surface area contributed by atoms with Gasteiger partial charge in [-0.15, -0.1) is 11.8 Å². The molecule has 0 bridgehead atoms. The molecule has 4 aromatic rings. The second kappa shape index (κ2) is 10.6. The summed E-state index contributed by atoms with van der Waals surface area (Å²) in [5, 5.41) is 11.5. The Balaban J connectivity index is 1.60. The highest BCUT2D eigenvalue weighted by Gasteiger charge is 2.48. The van der Waals surface area contributed by atoms with Crippen molar-refractivity contribution in [2.75, 3.05) is 12.3 Å². The van der Waals surface area contributed by atoms with Crippen molar-refractivity contribution in [2.45, 2.75) is 35.4 Å². The van der Waals surface area contributed by atoms with Gasteiger partial charge >= 0.3 is 0 Å². The van der Waals surface area contributed by atoms with Crippen molar-refractivity contribution in [1.29, 1.82) is 0 Å². The Labute approximate surface area is 207 Å². The summed E-state index contributed by atoms with van der Waals surface area (Å²) in [4.78, 5) is 3.77. The normalized spacial score (nSPS) is 17.5. The summed E-state index contributed by atoms with van der Waals surface area (Å²) in [6.07, 6.45) is 1.64. The summed E-state index contributed by atoms with van der Waals surface area (Å²) in [5.41, 5.74) is 3.25. The highest BCUT2D eigenvalue weighted by Crippen LogP contribution is 2.46. The summed E-state index contributed by atoms with van der Waals surface area (Å²) < 4.78 is 0. The van der Waals surface area contributed by atoms with Crippen LogP contribution in [-0.4, -0.2) is 34.4 Å². The zero-order valence-electron chi connectivity index (χ0n) is 19.3. The largest absolute Gasteiger partial charge is 0.391 e. The van der Waals surface area contributed by atoms with Crippen LogP contribution in [0.15, 0.2) is 126 Å². The summed E-state index contributed by atoms with van der Waals surface area (Å²) in [6, 6.07) is 42.9. The van der Waals surface area contributed by atoms with E-state index >= 15 is 0 Å². The third-order valence-corrected chi connectivity index (χ3v) is 8.03. The van der Waals surface area contributed by atoms with Crippen LogP contribution in [0.1, 0.15) is 29.5 Å². The van der Waals surface area contributed by atoms with Gasteiger partial charge < -0.3 is 5.11 Å². The van der Waals surface area contributed by atoms with E-state index in [1.54, 1.807) is 11.8 Å². The fraction of sp³-hybridized carbons (Fsp3) is 0.226. The van der Waals surface area contributed by atoms with Crippen molar-refractivity contribution in [3.8, 4) is 0 Å². The maximum Gasteiger partial charge on any atom is 0.0976 e. The quantitative estimate of drug-likeness (QED) is 0.234. The van der Waals surface area contributed by atoms with Gasteiger partial charge in [0, 0.05) is 23.2 Å². The molecule has 1 aliphatic heterocycles. The number of rotatable bonds is 8. The lowest BCUT2D eigenvalue weighted by Crippen LogP contribution is -2.54. The summed E-state index contributed by atoms with van der Waals surface area (Å²) in [6.45, 7) is 0.941. The molecule has 0 amide bonds. The van der Waals surface area contributed by atoms with Crippen LogP contribution in [-0.2, 0) is 5.54 Å². The van der Waals surface area contributed by atoms with Gasteiger partial charge in [-0.3, -0.25) is 4.90 Å². The van der Waals surface area contributed by atoms with Gasteiger partial charge in [-0.05, 0) is 41.7 Å². The van der Waals surface area contributed by atoms with Crippen LogP contribution in [0.5, 0.6) is 0 Å². The minimum absolute atomic E-state index is 0.0665. The molecular formula is C31H31NOS. The summed E-state index contributed by atoms with van der Waals surface area (Å²) >= 11 is 1.74. The topological polar surface area (TPSA) is 23.5 Å². The molecule has 2 nitrogen and oxygen atoms in total. The first-order chi connectivity index (χ1) is 16.8. The van der Waals surface area contributed by atoms with Crippen molar-refractivity contribution in [3.63, 3.8) is 0 Å². The predicted molar refractivity (Wildman–Crippen MR) is 142 cm³/mol. The second-order valence-corrected chi connectivity index (χ2v) is 10.00. The third kappa shape index (κ3) is 4.44. The molecule has 1 saturated heterocycles.